The minimum absolute atomic E-state index is 0.283. The number of carbonyl (C=O) groups is 1. The number of hydrogen-bond donors (Lipinski definition) is 0. The van der Waals surface area contributed by atoms with Gasteiger partial charge in [-0.05, 0) is 42.4 Å². The molecule has 0 heterocycles. The van der Waals surface area contributed by atoms with Gasteiger partial charge in [0.1, 0.15) is 0 Å². The molecule has 3 aliphatic carbocycles. The quantitative estimate of drug-likeness (QED) is 0.526. The summed E-state index contributed by atoms with van der Waals surface area (Å²) in [5, 5.41) is 0. The van der Waals surface area contributed by atoms with Gasteiger partial charge in [-0.2, -0.15) is 0 Å². The molecule has 0 radical (unpaired) electrons. The molecular formula is C13H20O2. The van der Waals surface area contributed by atoms with E-state index >= 15 is 0 Å². The molecule has 0 saturated heterocycles. The lowest BCUT2D eigenvalue weighted by molar-refractivity contribution is -0.151. The number of rotatable bonds is 3. The van der Waals surface area contributed by atoms with Gasteiger partial charge in [-0.3, -0.25) is 0 Å². The molecular weight excluding hydrogens is 188 g/mol. The second-order valence-electron chi connectivity index (χ2n) is 5.53. The fraction of sp³-hybridized carbons (Fsp3) is 0.769. The third-order valence-electron chi connectivity index (χ3n) is 4.61. The second-order valence-corrected chi connectivity index (χ2v) is 5.53. The SMILES string of the molecule is C=CC(=O)OC[C@@H]1CCC2CC1C2(C)C. The molecule has 3 atom stereocenters. The van der Waals surface area contributed by atoms with E-state index in [4.69, 9.17) is 4.74 Å². The molecule has 0 aliphatic heterocycles. The maximum atomic E-state index is 11.0. The minimum atomic E-state index is -0.283. The average molecular weight is 208 g/mol. The first-order valence-corrected chi connectivity index (χ1v) is 5.85. The molecule has 15 heavy (non-hydrogen) atoms. The van der Waals surface area contributed by atoms with Crippen LogP contribution in [0.15, 0.2) is 12.7 Å². The Labute approximate surface area is 91.7 Å². The first-order chi connectivity index (χ1) is 7.05. The molecule has 2 heteroatoms. The number of esters is 1. The highest BCUT2D eigenvalue weighted by atomic mass is 16.5. The van der Waals surface area contributed by atoms with Crippen LogP contribution in [0.2, 0.25) is 0 Å². The smallest absolute Gasteiger partial charge is 0.330 e. The number of ether oxygens (including phenoxy) is 1. The summed E-state index contributed by atoms with van der Waals surface area (Å²) < 4.78 is 5.16. The summed E-state index contributed by atoms with van der Waals surface area (Å²) in [4.78, 5) is 11.0. The van der Waals surface area contributed by atoms with E-state index in [1.165, 1.54) is 25.3 Å². The topological polar surface area (TPSA) is 26.3 Å². The summed E-state index contributed by atoms with van der Waals surface area (Å²) >= 11 is 0. The zero-order valence-corrected chi connectivity index (χ0v) is 9.66. The molecule has 3 rings (SSSR count). The van der Waals surface area contributed by atoms with E-state index in [0.29, 0.717) is 17.9 Å². The van der Waals surface area contributed by atoms with Crippen molar-refractivity contribution in [1.29, 1.82) is 0 Å². The zero-order valence-electron chi connectivity index (χ0n) is 9.66. The van der Waals surface area contributed by atoms with Gasteiger partial charge in [0.05, 0.1) is 6.61 Å². The van der Waals surface area contributed by atoms with Crippen LogP contribution in [0.1, 0.15) is 33.1 Å². The van der Waals surface area contributed by atoms with E-state index < -0.39 is 0 Å². The van der Waals surface area contributed by atoms with E-state index in [-0.39, 0.29) is 5.97 Å². The van der Waals surface area contributed by atoms with Crippen LogP contribution >= 0.6 is 0 Å². The Kier molecular flexibility index (Phi) is 2.61. The Bertz CT molecular complexity index is 278. The monoisotopic (exact) mass is 208 g/mol. The number of fused-ring (bicyclic) bond motifs is 2. The predicted molar refractivity (Wildman–Crippen MR) is 59.3 cm³/mol. The van der Waals surface area contributed by atoms with Gasteiger partial charge in [-0.1, -0.05) is 20.4 Å². The highest BCUT2D eigenvalue weighted by Crippen LogP contribution is 2.61. The van der Waals surface area contributed by atoms with Crippen molar-refractivity contribution in [2.45, 2.75) is 33.1 Å². The van der Waals surface area contributed by atoms with Gasteiger partial charge >= 0.3 is 5.97 Å². The Morgan fingerprint density at radius 3 is 2.80 bits per heavy atom. The molecule has 2 nitrogen and oxygen atoms in total. The van der Waals surface area contributed by atoms with Crippen molar-refractivity contribution in [2.75, 3.05) is 6.61 Å². The standard InChI is InChI=1S/C13H20O2/c1-4-12(14)15-8-9-5-6-10-7-11(9)13(10,2)3/h4,9-11H,1,5-8H2,2-3H3/t9-,10?,11?/m0/s1. The van der Waals surface area contributed by atoms with E-state index in [2.05, 4.69) is 20.4 Å². The zero-order chi connectivity index (χ0) is 11.1. The van der Waals surface area contributed by atoms with Crippen LogP contribution in [0.4, 0.5) is 0 Å². The van der Waals surface area contributed by atoms with Crippen molar-refractivity contribution in [3.8, 4) is 0 Å². The fourth-order valence-corrected chi connectivity index (χ4v) is 3.41. The van der Waals surface area contributed by atoms with E-state index in [0.717, 1.165) is 11.8 Å². The van der Waals surface area contributed by atoms with Gasteiger partial charge in [0.2, 0.25) is 0 Å². The minimum Gasteiger partial charge on any atom is -0.462 e. The van der Waals surface area contributed by atoms with Crippen LogP contribution in [0.25, 0.3) is 0 Å². The van der Waals surface area contributed by atoms with Crippen LogP contribution in [-0.2, 0) is 9.53 Å². The molecule has 0 amide bonds. The molecule has 0 spiro atoms. The van der Waals surface area contributed by atoms with Gasteiger partial charge in [0, 0.05) is 6.08 Å². The Hall–Kier alpha value is -0.790. The van der Waals surface area contributed by atoms with Crippen LogP contribution < -0.4 is 0 Å². The van der Waals surface area contributed by atoms with Gasteiger partial charge in [-0.15, -0.1) is 0 Å². The predicted octanol–water partition coefficient (Wildman–Crippen LogP) is 2.79. The molecule has 0 aromatic rings. The van der Waals surface area contributed by atoms with Gasteiger partial charge in [-0.25, -0.2) is 4.79 Å². The third kappa shape index (κ3) is 1.70. The van der Waals surface area contributed by atoms with Crippen LogP contribution in [0.5, 0.6) is 0 Å². The van der Waals surface area contributed by atoms with E-state index in [1.807, 2.05) is 0 Å². The van der Waals surface area contributed by atoms with Crippen LogP contribution in [0.3, 0.4) is 0 Å². The highest BCUT2D eigenvalue weighted by molar-refractivity contribution is 5.81. The third-order valence-corrected chi connectivity index (χ3v) is 4.61. The van der Waals surface area contributed by atoms with Crippen molar-refractivity contribution in [3.05, 3.63) is 12.7 Å². The molecule has 84 valence electrons. The molecule has 0 aromatic carbocycles. The van der Waals surface area contributed by atoms with Crippen molar-refractivity contribution >= 4 is 5.97 Å². The molecule has 3 fully saturated rings. The molecule has 3 aliphatic rings. The molecule has 0 aromatic heterocycles. The maximum Gasteiger partial charge on any atom is 0.330 e. The van der Waals surface area contributed by atoms with Gasteiger partial charge in [0.25, 0.3) is 0 Å². The summed E-state index contributed by atoms with van der Waals surface area (Å²) in [6, 6.07) is 0. The maximum absolute atomic E-state index is 11.0. The summed E-state index contributed by atoms with van der Waals surface area (Å²) in [6.07, 6.45) is 5.11. The van der Waals surface area contributed by atoms with Crippen molar-refractivity contribution in [3.63, 3.8) is 0 Å². The Morgan fingerprint density at radius 1 is 1.53 bits per heavy atom. The fourth-order valence-electron chi connectivity index (χ4n) is 3.41. The van der Waals surface area contributed by atoms with Crippen LogP contribution in [0, 0.1) is 23.2 Å². The van der Waals surface area contributed by atoms with Crippen molar-refractivity contribution in [2.24, 2.45) is 23.2 Å². The van der Waals surface area contributed by atoms with E-state index in [9.17, 15) is 4.79 Å². The summed E-state index contributed by atoms with van der Waals surface area (Å²) in [7, 11) is 0. The largest absolute Gasteiger partial charge is 0.462 e. The van der Waals surface area contributed by atoms with Gasteiger partial charge in [0.15, 0.2) is 0 Å². The Morgan fingerprint density at radius 2 is 2.27 bits per heavy atom. The first-order valence-electron chi connectivity index (χ1n) is 5.85. The molecule has 3 saturated carbocycles. The van der Waals surface area contributed by atoms with Gasteiger partial charge < -0.3 is 4.74 Å². The summed E-state index contributed by atoms with van der Waals surface area (Å²) in [5.41, 5.74) is 0.476. The summed E-state index contributed by atoms with van der Waals surface area (Å²) in [5.74, 6) is 1.96. The average Bonchev–Trinajstić information content (AvgIpc) is 2.25. The lowest BCUT2D eigenvalue weighted by Gasteiger charge is -2.60. The normalized spacial score (nSPS) is 36.5. The van der Waals surface area contributed by atoms with Crippen LogP contribution in [-0.4, -0.2) is 12.6 Å². The lowest BCUT2D eigenvalue weighted by atomic mass is 9.46. The lowest BCUT2D eigenvalue weighted by Crippen LogP contribution is -2.53. The highest BCUT2D eigenvalue weighted by Gasteiger charge is 2.54. The molecule has 0 N–H and O–H groups in total. The first kappa shape index (κ1) is 10.7. The van der Waals surface area contributed by atoms with E-state index in [1.54, 1.807) is 0 Å². The summed E-state index contributed by atoms with van der Waals surface area (Å²) in [6.45, 7) is 8.71. The molecule has 2 unspecified atom stereocenters. The Balaban J connectivity index is 1.88. The second kappa shape index (κ2) is 3.66. The number of hydrogen-bond acceptors (Lipinski definition) is 2. The molecule has 2 bridgehead atoms. The number of carbonyl (C=O) groups excluding carboxylic acids is 1. The van der Waals surface area contributed by atoms with Crippen molar-refractivity contribution in [1.82, 2.24) is 0 Å². The van der Waals surface area contributed by atoms with Crippen molar-refractivity contribution < 1.29 is 9.53 Å².